The lowest BCUT2D eigenvalue weighted by Gasteiger charge is -2.22. The van der Waals surface area contributed by atoms with Crippen molar-refractivity contribution in [3.63, 3.8) is 0 Å². The molecule has 18 heavy (non-hydrogen) atoms. The molecule has 0 spiro atoms. The maximum absolute atomic E-state index is 10.4. The van der Waals surface area contributed by atoms with Crippen LogP contribution in [0.2, 0.25) is 0 Å². The van der Waals surface area contributed by atoms with Crippen molar-refractivity contribution in [3.05, 3.63) is 23.8 Å². The lowest BCUT2D eigenvalue weighted by molar-refractivity contribution is -0.137. The van der Waals surface area contributed by atoms with Crippen LogP contribution in [0.1, 0.15) is 32.8 Å². The van der Waals surface area contributed by atoms with E-state index in [0.717, 1.165) is 11.3 Å². The summed E-state index contributed by atoms with van der Waals surface area (Å²) in [7, 11) is 1.63. The van der Waals surface area contributed by atoms with Gasteiger partial charge in [-0.15, -0.1) is 0 Å². The molecule has 1 aromatic rings. The third kappa shape index (κ3) is 3.95. The zero-order valence-electron chi connectivity index (χ0n) is 11.3. The Morgan fingerprint density at radius 2 is 2.00 bits per heavy atom. The van der Waals surface area contributed by atoms with Gasteiger partial charge in [-0.2, -0.15) is 0 Å². The van der Waals surface area contributed by atoms with Crippen molar-refractivity contribution < 1.29 is 19.4 Å². The van der Waals surface area contributed by atoms with Crippen LogP contribution in [0.5, 0.6) is 11.5 Å². The Balaban J connectivity index is 2.86. The summed E-state index contributed by atoms with van der Waals surface area (Å²) in [5.74, 6) is 0.620. The molecule has 4 nitrogen and oxygen atoms in total. The minimum Gasteiger partial charge on any atom is -0.496 e. The van der Waals surface area contributed by atoms with Crippen LogP contribution in [0.3, 0.4) is 0 Å². The first-order chi connectivity index (χ1) is 8.34. The minimum absolute atomic E-state index is 0.00309. The molecule has 0 radical (unpaired) electrons. The number of carboxylic acid groups (broad SMARTS) is 1. The molecule has 0 bridgehead atoms. The lowest BCUT2D eigenvalue weighted by Crippen LogP contribution is -2.13. The highest BCUT2D eigenvalue weighted by molar-refractivity contribution is 5.66. The molecule has 1 N–H and O–H groups in total. The molecule has 0 heterocycles. The van der Waals surface area contributed by atoms with E-state index < -0.39 is 5.97 Å². The first kappa shape index (κ1) is 14.4. The highest BCUT2D eigenvalue weighted by Crippen LogP contribution is 2.34. The van der Waals surface area contributed by atoms with E-state index in [1.807, 2.05) is 12.1 Å². The van der Waals surface area contributed by atoms with Gasteiger partial charge < -0.3 is 14.6 Å². The lowest BCUT2D eigenvalue weighted by atomic mass is 9.86. The first-order valence-electron chi connectivity index (χ1n) is 5.87. The van der Waals surface area contributed by atoms with Crippen molar-refractivity contribution in [2.75, 3.05) is 13.7 Å². The number of benzene rings is 1. The summed E-state index contributed by atoms with van der Waals surface area (Å²) in [6.07, 6.45) is -0.00309. The largest absolute Gasteiger partial charge is 0.496 e. The number of ether oxygens (including phenoxy) is 2. The predicted octanol–water partition coefficient (Wildman–Crippen LogP) is 2.85. The van der Waals surface area contributed by atoms with Crippen LogP contribution in [0.4, 0.5) is 0 Å². The molecule has 0 amide bonds. The molecule has 1 rings (SSSR count). The van der Waals surface area contributed by atoms with Gasteiger partial charge in [-0.1, -0.05) is 20.8 Å². The fourth-order valence-corrected chi connectivity index (χ4v) is 1.62. The quantitative estimate of drug-likeness (QED) is 0.875. The van der Waals surface area contributed by atoms with Gasteiger partial charge in [0.15, 0.2) is 0 Å². The highest BCUT2D eigenvalue weighted by Gasteiger charge is 2.19. The Kier molecular flexibility index (Phi) is 4.59. The molecule has 0 saturated heterocycles. The maximum Gasteiger partial charge on any atom is 0.306 e. The molecular formula is C14H20O4. The molecule has 0 atom stereocenters. The highest BCUT2D eigenvalue weighted by atomic mass is 16.5. The average molecular weight is 252 g/mol. The van der Waals surface area contributed by atoms with Crippen molar-refractivity contribution in [3.8, 4) is 11.5 Å². The zero-order chi connectivity index (χ0) is 13.8. The number of methoxy groups -OCH3 is 1. The van der Waals surface area contributed by atoms with Crippen LogP contribution in [0.15, 0.2) is 18.2 Å². The van der Waals surface area contributed by atoms with Gasteiger partial charge in [0.05, 0.1) is 20.1 Å². The van der Waals surface area contributed by atoms with Gasteiger partial charge in [0.2, 0.25) is 0 Å². The Hall–Kier alpha value is -1.71. The van der Waals surface area contributed by atoms with E-state index in [-0.39, 0.29) is 18.4 Å². The van der Waals surface area contributed by atoms with E-state index in [1.54, 1.807) is 13.2 Å². The Labute approximate surface area is 108 Å². The van der Waals surface area contributed by atoms with Crippen molar-refractivity contribution in [2.45, 2.75) is 32.6 Å². The fraction of sp³-hybridized carbons (Fsp3) is 0.500. The van der Waals surface area contributed by atoms with Crippen molar-refractivity contribution in [1.82, 2.24) is 0 Å². The third-order valence-electron chi connectivity index (χ3n) is 2.56. The summed E-state index contributed by atoms with van der Waals surface area (Å²) in [6, 6.07) is 5.54. The molecule has 100 valence electrons. The molecule has 4 heteroatoms. The maximum atomic E-state index is 10.4. The second-order valence-electron chi connectivity index (χ2n) is 5.10. The van der Waals surface area contributed by atoms with Crippen LogP contribution in [-0.4, -0.2) is 24.8 Å². The van der Waals surface area contributed by atoms with Crippen molar-refractivity contribution in [2.24, 2.45) is 0 Å². The topological polar surface area (TPSA) is 55.8 Å². The number of carboxylic acids is 1. The molecular weight excluding hydrogens is 232 g/mol. The normalized spacial score (nSPS) is 11.1. The summed E-state index contributed by atoms with van der Waals surface area (Å²) in [6.45, 7) is 6.44. The van der Waals surface area contributed by atoms with Gasteiger partial charge in [-0.05, 0) is 23.6 Å². The van der Waals surface area contributed by atoms with E-state index in [9.17, 15) is 4.79 Å². The van der Waals surface area contributed by atoms with Gasteiger partial charge >= 0.3 is 5.97 Å². The standard InChI is InChI=1S/C14H20O4/c1-14(2,3)11-9-10(5-6-12(11)17-4)18-8-7-13(15)16/h5-6,9H,7-8H2,1-4H3,(H,15,16). The molecule has 0 aliphatic carbocycles. The molecule has 0 aliphatic rings. The van der Waals surface area contributed by atoms with E-state index in [4.69, 9.17) is 14.6 Å². The second kappa shape index (κ2) is 5.76. The predicted molar refractivity (Wildman–Crippen MR) is 69.4 cm³/mol. The number of hydrogen-bond acceptors (Lipinski definition) is 3. The number of carbonyl (C=O) groups is 1. The van der Waals surface area contributed by atoms with Crippen LogP contribution in [0.25, 0.3) is 0 Å². The van der Waals surface area contributed by atoms with Crippen LogP contribution in [-0.2, 0) is 10.2 Å². The molecule has 0 aliphatic heterocycles. The fourth-order valence-electron chi connectivity index (χ4n) is 1.62. The van der Waals surface area contributed by atoms with Crippen molar-refractivity contribution in [1.29, 1.82) is 0 Å². The van der Waals surface area contributed by atoms with E-state index >= 15 is 0 Å². The summed E-state index contributed by atoms with van der Waals surface area (Å²) in [5, 5.41) is 8.56. The number of aliphatic carboxylic acids is 1. The summed E-state index contributed by atoms with van der Waals surface area (Å²) in [4.78, 5) is 10.4. The van der Waals surface area contributed by atoms with Crippen molar-refractivity contribution >= 4 is 5.97 Å². The van der Waals surface area contributed by atoms with Gasteiger partial charge in [-0.25, -0.2) is 0 Å². The summed E-state index contributed by atoms with van der Waals surface area (Å²) >= 11 is 0. The second-order valence-corrected chi connectivity index (χ2v) is 5.10. The van der Waals surface area contributed by atoms with Gasteiger partial charge in [0, 0.05) is 5.56 Å². The number of rotatable bonds is 5. The van der Waals surface area contributed by atoms with Crippen LogP contribution in [0, 0.1) is 0 Å². The SMILES string of the molecule is COc1ccc(OCCC(=O)O)cc1C(C)(C)C. The number of hydrogen-bond donors (Lipinski definition) is 1. The molecule has 0 aromatic heterocycles. The minimum atomic E-state index is -0.862. The smallest absolute Gasteiger partial charge is 0.306 e. The molecule has 0 saturated carbocycles. The van der Waals surface area contributed by atoms with Gasteiger partial charge in [0.1, 0.15) is 11.5 Å². The Morgan fingerprint density at radius 3 is 2.50 bits per heavy atom. The monoisotopic (exact) mass is 252 g/mol. The Morgan fingerprint density at radius 1 is 1.33 bits per heavy atom. The molecule has 0 fully saturated rings. The van der Waals surface area contributed by atoms with E-state index in [0.29, 0.717) is 5.75 Å². The zero-order valence-corrected chi connectivity index (χ0v) is 11.3. The first-order valence-corrected chi connectivity index (χ1v) is 5.87. The van der Waals surface area contributed by atoms with Crippen LogP contribution < -0.4 is 9.47 Å². The third-order valence-corrected chi connectivity index (χ3v) is 2.56. The van der Waals surface area contributed by atoms with Gasteiger partial charge in [-0.3, -0.25) is 4.79 Å². The average Bonchev–Trinajstić information content (AvgIpc) is 2.27. The summed E-state index contributed by atoms with van der Waals surface area (Å²) < 4.78 is 10.7. The summed E-state index contributed by atoms with van der Waals surface area (Å²) in [5.41, 5.74) is 0.982. The van der Waals surface area contributed by atoms with Crippen LogP contribution >= 0.6 is 0 Å². The van der Waals surface area contributed by atoms with Gasteiger partial charge in [0.25, 0.3) is 0 Å². The van der Waals surface area contributed by atoms with E-state index in [2.05, 4.69) is 20.8 Å². The Bertz CT molecular complexity index is 418. The molecule has 1 aromatic carbocycles. The molecule has 0 unspecified atom stereocenters. The van der Waals surface area contributed by atoms with E-state index in [1.165, 1.54) is 0 Å².